The van der Waals surface area contributed by atoms with E-state index >= 15 is 0 Å². The van der Waals surface area contributed by atoms with Gasteiger partial charge in [0.1, 0.15) is 9.88 Å². The maximum Gasteiger partial charge on any atom is 0.269 e. The summed E-state index contributed by atoms with van der Waals surface area (Å²) in [5, 5.41) is 0.870. The van der Waals surface area contributed by atoms with E-state index in [2.05, 4.69) is 24.0 Å². The van der Waals surface area contributed by atoms with Crippen molar-refractivity contribution < 1.29 is 4.79 Å². The topological polar surface area (TPSA) is 33.2 Å². The summed E-state index contributed by atoms with van der Waals surface area (Å²) in [6.45, 7) is 4.07. The van der Waals surface area contributed by atoms with Gasteiger partial charge >= 0.3 is 0 Å². The number of nitrogens with zero attached hydrogens (tertiary/aromatic N) is 2. The molecular weight excluding hydrogens is 304 g/mol. The molecular formula is C19H18N2OS. The number of aromatic nitrogens is 1. The molecule has 0 spiro atoms. The number of amides is 1. The van der Waals surface area contributed by atoms with Gasteiger partial charge in [-0.3, -0.25) is 4.79 Å². The number of hydrogen-bond acceptors (Lipinski definition) is 3. The number of benzene rings is 2. The van der Waals surface area contributed by atoms with Gasteiger partial charge < -0.3 is 4.90 Å². The van der Waals surface area contributed by atoms with Crippen molar-refractivity contribution in [1.82, 2.24) is 4.98 Å². The molecule has 0 saturated heterocycles. The van der Waals surface area contributed by atoms with Crippen molar-refractivity contribution in [2.45, 2.75) is 13.8 Å². The Morgan fingerprint density at radius 1 is 1.04 bits per heavy atom. The zero-order valence-corrected chi connectivity index (χ0v) is 14.2. The minimum atomic E-state index is -0.0352. The summed E-state index contributed by atoms with van der Waals surface area (Å²) in [4.78, 5) is 19.4. The Balaban J connectivity index is 1.86. The average molecular weight is 322 g/mol. The molecule has 23 heavy (non-hydrogen) atoms. The summed E-state index contributed by atoms with van der Waals surface area (Å²) in [5.74, 6) is -0.0352. The van der Waals surface area contributed by atoms with Crippen LogP contribution in [0.2, 0.25) is 0 Å². The molecule has 1 aromatic heterocycles. The number of thiazole rings is 1. The molecule has 0 saturated carbocycles. The molecule has 0 aliphatic rings. The molecule has 0 aliphatic heterocycles. The smallest absolute Gasteiger partial charge is 0.269 e. The van der Waals surface area contributed by atoms with Crippen molar-refractivity contribution in [2.75, 3.05) is 11.9 Å². The third-order valence-electron chi connectivity index (χ3n) is 3.68. The Hall–Kier alpha value is -2.46. The van der Waals surface area contributed by atoms with Crippen LogP contribution in [0.4, 0.5) is 5.69 Å². The molecule has 1 heterocycles. The Bertz CT molecular complexity index is 854. The monoisotopic (exact) mass is 322 g/mol. The lowest BCUT2D eigenvalue weighted by atomic mass is 10.1. The highest BCUT2D eigenvalue weighted by atomic mass is 32.1. The van der Waals surface area contributed by atoms with Crippen LogP contribution >= 0.6 is 11.3 Å². The van der Waals surface area contributed by atoms with Crippen LogP contribution in [0.25, 0.3) is 10.6 Å². The first-order valence-electron chi connectivity index (χ1n) is 7.42. The Morgan fingerprint density at radius 3 is 2.43 bits per heavy atom. The van der Waals surface area contributed by atoms with Crippen LogP contribution in [0.5, 0.6) is 0 Å². The first-order chi connectivity index (χ1) is 11.0. The van der Waals surface area contributed by atoms with Gasteiger partial charge in [-0.1, -0.05) is 35.9 Å². The van der Waals surface area contributed by atoms with E-state index in [9.17, 15) is 4.79 Å². The predicted octanol–water partition coefficient (Wildman–Crippen LogP) is 4.70. The van der Waals surface area contributed by atoms with Gasteiger partial charge in [-0.2, -0.15) is 0 Å². The number of anilines is 1. The third kappa shape index (κ3) is 3.32. The van der Waals surface area contributed by atoms with Crippen LogP contribution in [0.1, 0.15) is 20.8 Å². The van der Waals surface area contributed by atoms with E-state index in [1.165, 1.54) is 16.9 Å². The number of hydrogen-bond donors (Lipinski definition) is 0. The van der Waals surface area contributed by atoms with Crippen molar-refractivity contribution in [2.24, 2.45) is 0 Å². The molecule has 0 N–H and O–H groups in total. The lowest BCUT2D eigenvalue weighted by Crippen LogP contribution is -2.25. The Kier molecular flexibility index (Phi) is 4.26. The minimum Gasteiger partial charge on any atom is -0.311 e. The fraction of sp³-hybridized carbons (Fsp3) is 0.158. The summed E-state index contributed by atoms with van der Waals surface area (Å²) in [7, 11) is 1.79. The summed E-state index contributed by atoms with van der Waals surface area (Å²) in [6.07, 6.45) is 1.66. The van der Waals surface area contributed by atoms with Crippen molar-refractivity contribution in [3.05, 3.63) is 70.7 Å². The zero-order chi connectivity index (χ0) is 16.4. The van der Waals surface area contributed by atoms with Gasteiger partial charge in [-0.05, 0) is 37.6 Å². The van der Waals surface area contributed by atoms with Crippen LogP contribution in [0.15, 0.2) is 54.7 Å². The van der Waals surface area contributed by atoms with Crippen LogP contribution in [-0.2, 0) is 0 Å². The normalized spacial score (nSPS) is 10.6. The quantitative estimate of drug-likeness (QED) is 0.700. The third-order valence-corrected chi connectivity index (χ3v) is 4.71. The Morgan fingerprint density at radius 2 is 1.74 bits per heavy atom. The molecule has 0 bridgehead atoms. The van der Waals surface area contributed by atoms with E-state index in [4.69, 9.17) is 0 Å². The van der Waals surface area contributed by atoms with Crippen molar-refractivity contribution in [3.63, 3.8) is 0 Å². The highest BCUT2D eigenvalue weighted by Crippen LogP contribution is 2.27. The van der Waals surface area contributed by atoms with E-state index in [0.29, 0.717) is 4.88 Å². The number of carbonyl (C=O) groups is 1. The standard InChI is InChI=1S/C19H18N2OS/c1-13-6-4-8-15(10-13)18-20-12-17(23-18)19(22)21(3)16-9-5-7-14(2)11-16/h4-12H,1-3H3. The maximum absolute atomic E-state index is 12.7. The molecule has 3 rings (SSSR count). The Labute approximate surface area is 140 Å². The first-order valence-corrected chi connectivity index (χ1v) is 8.24. The largest absolute Gasteiger partial charge is 0.311 e. The molecule has 3 aromatic rings. The summed E-state index contributed by atoms with van der Waals surface area (Å²) in [5.41, 5.74) is 4.25. The second-order valence-electron chi connectivity index (χ2n) is 5.60. The molecule has 0 unspecified atom stereocenters. The second-order valence-corrected chi connectivity index (χ2v) is 6.63. The minimum absolute atomic E-state index is 0.0352. The van der Waals surface area contributed by atoms with Crippen LogP contribution in [-0.4, -0.2) is 17.9 Å². The molecule has 0 radical (unpaired) electrons. The van der Waals surface area contributed by atoms with Gasteiger partial charge in [-0.15, -0.1) is 11.3 Å². The molecule has 1 amide bonds. The van der Waals surface area contributed by atoms with Gasteiger partial charge in [0.15, 0.2) is 0 Å². The average Bonchev–Trinajstić information content (AvgIpc) is 3.03. The molecule has 116 valence electrons. The summed E-state index contributed by atoms with van der Waals surface area (Å²) in [6, 6.07) is 16.1. The van der Waals surface area contributed by atoms with Gasteiger partial charge in [0.2, 0.25) is 0 Å². The first kappa shape index (κ1) is 15.4. The molecule has 0 fully saturated rings. The van der Waals surface area contributed by atoms with E-state index in [1.54, 1.807) is 18.1 Å². The van der Waals surface area contributed by atoms with Crippen molar-refractivity contribution >= 4 is 22.9 Å². The maximum atomic E-state index is 12.7. The van der Waals surface area contributed by atoms with E-state index in [0.717, 1.165) is 21.8 Å². The lowest BCUT2D eigenvalue weighted by molar-refractivity contribution is 0.0996. The zero-order valence-electron chi connectivity index (χ0n) is 13.4. The SMILES string of the molecule is Cc1cccc(-c2ncc(C(=O)N(C)c3cccc(C)c3)s2)c1. The van der Waals surface area contributed by atoms with Gasteiger partial charge in [0.05, 0.1) is 6.20 Å². The summed E-state index contributed by atoms with van der Waals surface area (Å²) >= 11 is 1.43. The fourth-order valence-electron chi connectivity index (χ4n) is 2.40. The molecule has 0 aliphatic carbocycles. The van der Waals surface area contributed by atoms with Gasteiger partial charge in [0, 0.05) is 18.3 Å². The van der Waals surface area contributed by atoms with Crippen molar-refractivity contribution in [3.8, 4) is 10.6 Å². The number of carbonyl (C=O) groups excluding carboxylic acids is 1. The fourth-order valence-corrected chi connectivity index (χ4v) is 3.29. The second kappa shape index (κ2) is 6.34. The van der Waals surface area contributed by atoms with Crippen LogP contribution in [0.3, 0.4) is 0 Å². The van der Waals surface area contributed by atoms with Gasteiger partial charge in [0.25, 0.3) is 5.91 Å². The number of aryl methyl sites for hydroxylation is 2. The number of rotatable bonds is 3. The molecule has 2 aromatic carbocycles. The summed E-state index contributed by atoms with van der Waals surface area (Å²) < 4.78 is 0. The predicted molar refractivity (Wildman–Crippen MR) is 96.2 cm³/mol. The molecule has 3 nitrogen and oxygen atoms in total. The molecule has 4 heteroatoms. The van der Waals surface area contributed by atoms with Crippen LogP contribution < -0.4 is 4.90 Å². The molecule has 0 atom stereocenters. The van der Waals surface area contributed by atoms with E-state index in [1.807, 2.05) is 43.3 Å². The van der Waals surface area contributed by atoms with E-state index in [-0.39, 0.29) is 5.91 Å². The van der Waals surface area contributed by atoms with Gasteiger partial charge in [-0.25, -0.2) is 4.98 Å². The van der Waals surface area contributed by atoms with Crippen molar-refractivity contribution in [1.29, 1.82) is 0 Å². The lowest BCUT2D eigenvalue weighted by Gasteiger charge is -2.16. The van der Waals surface area contributed by atoms with Crippen LogP contribution in [0, 0.1) is 13.8 Å². The highest BCUT2D eigenvalue weighted by molar-refractivity contribution is 7.17. The van der Waals surface area contributed by atoms with E-state index < -0.39 is 0 Å². The highest BCUT2D eigenvalue weighted by Gasteiger charge is 2.17.